The lowest BCUT2D eigenvalue weighted by molar-refractivity contribution is 0.402. The van der Waals surface area contributed by atoms with Crippen LogP contribution in [0.4, 0.5) is 0 Å². The van der Waals surface area contributed by atoms with Gasteiger partial charge in [0.1, 0.15) is 11.5 Å². The van der Waals surface area contributed by atoms with Crippen LogP contribution in [0.3, 0.4) is 0 Å². The first kappa shape index (κ1) is 14.6. The lowest BCUT2D eigenvalue weighted by atomic mass is 10.1. The van der Waals surface area contributed by atoms with E-state index in [4.69, 9.17) is 9.47 Å². The van der Waals surface area contributed by atoms with E-state index in [2.05, 4.69) is 31.3 Å². The average molecular weight is 249 g/mol. The lowest BCUT2D eigenvalue weighted by Gasteiger charge is -2.10. The van der Waals surface area contributed by atoms with Crippen LogP contribution in [-0.2, 0) is 0 Å². The highest BCUT2D eigenvalue weighted by Gasteiger charge is 2.02. The molecule has 1 rings (SSSR count). The van der Waals surface area contributed by atoms with Gasteiger partial charge in [0.15, 0.2) is 0 Å². The summed E-state index contributed by atoms with van der Waals surface area (Å²) in [5.41, 5.74) is 1.03. The maximum Gasteiger partial charge on any atom is 0.126 e. The quantitative estimate of drug-likeness (QED) is 0.805. The molecule has 18 heavy (non-hydrogen) atoms. The van der Waals surface area contributed by atoms with Crippen LogP contribution in [0.1, 0.15) is 25.8 Å². The third kappa shape index (κ3) is 4.41. The van der Waals surface area contributed by atoms with E-state index >= 15 is 0 Å². The molecule has 1 atom stereocenters. The van der Waals surface area contributed by atoms with Crippen molar-refractivity contribution in [2.75, 3.05) is 20.8 Å². The second-order valence-corrected chi connectivity index (χ2v) is 4.21. The van der Waals surface area contributed by atoms with Gasteiger partial charge >= 0.3 is 0 Å². The zero-order valence-corrected chi connectivity index (χ0v) is 11.7. The highest BCUT2D eigenvalue weighted by atomic mass is 16.5. The second-order valence-electron chi connectivity index (χ2n) is 4.21. The van der Waals surface area contributed by atoms with Gasteiger partial charge in [0.25, 0.3) is 0 Å². The molecule has 0 saturated heterocycles. The van der Waals surface area contributed by atoms with Crippen LogP contribution in [0, 0.1) is 0 Å². The smallest absolute Gasteiger partial charge is 0.126 e. The summed E-state index contributed by atoms with van der Waals surface area (Å²) in [6.07, 6.45) is 5.34. The van der Waals surface area contributed by atoms with Crippen LogP contribution in [0.15, 0.2) is 24.3 Å². The molecular weight excluding hydrogens is 226 g/mol. The van der Waals surface area contributed by atoms with E-state index in [-0.39, 0.29) is 0 Å². The van der Waals surface area contributed by atoms with Crippen LogP contribution >= 0.6 is 0 Å². The van der Waals surface area contributed by atoms with E-state index in [9.17, 15) is 0 Å². The van der Waals surface area contributed by atoms with Crippen molar-refractivity contribution in [3.05, 3.63) is 29.8 Å². The van der Waals surface area contributed by atoms with Gasteiger partial charge in [0.2, 0.25) is 0 Å². The number of hydrogen-bond donors (Lipinski definition) is 1. The van der Waals surface area contributed by atoms with Crippen molar-refractivity contribution in [1.82, 2.24) is 5.32 Å². The Labute approximate surface area is 110 Å². The predicted molar refractivity (Wildman–Crippen MR) is 76.3 cm³/mol. The molecule has 0 fully saturated rings. The third-order valence-corrected chi connectivity index (χ3v) is 2.72. The van der Waals surface area contributed by atoms with Crippen LogP contribution in [-0.4, -0.2) is 26.8 Å². The minimum Gasteiger partial charge on any atom is -0.497 e. The summed E-state index contributed by atoms with van der Waals surface area (Å²) < 4.78 is 10.6. The minimum absolute atomic E-state index is 0.348. The molecule has 0 saturated carbocycles. The molecule has 1 aromatic carbocycles. The molecule has 0 bridgehead atoms. The van der Waals surface area contributed by atoms with Crippen molar-refractivity contribution < 1.29 is 9.47 Å². The Morgan fingerprint density at radius 3 is 2.67 bits per heavy atom. The van der Waals surface area contributed by atoms with Gasteiger partial charge in [-0.25, -0.2) is 0 Å². The summed E-state index contributed by atoms with van der Waals surface area (Å²) in [4.78, 5) is 0. The van der Waals surface area contributed by atoms with Crippen molar-refractivity contribution in [1.29, 1.82) is 0 Å². The van der Waals surface area contributed by atoms with E-state index < -0.39 is 0 Å². The zero-order valence-electron chi connectivity index (χ0n) is 11.7. The summed E-state index contributed by atoms with van der Waals surface area (Å²) in [6, 6.07) is 6.14. The first-order chi connectivity index (χ1) is 8.71. The van der Waals surface area contributed by atoms with Crippen molar-refractivity contribution >= 4 is 6.08 Å². The average Bonchev–Trinajstić information content (AvgIpc) is 2.42. The van der Waals surface area contributed by atoms with Gasteiger partial charge in [0.05, 0.1) is 14.2 Å². The molecule has 3 nitrogen and oxygen atoms in total. The van der Waals surface area contributed by atoms with Gasteiger partial charge < -0.3 is 14.8 Å². The summed E-state index contributed by atoms with van der Waals surface area (Å²) in [7, 11) is 3.35. The topological polar surface area (TPSA) is 30.5 Å². The molecular formula is C15H23NO2. The molecule has 0 amide bonds. The molecule has 0 radical (unpaired) electrons. The second kappa shape index (κ2) is 7.77. The van der Waals surface area contributed by atoms with Crippen molar-refractivity contribution in [2.45, 2.75) is 26.3 Å². The number of nitrogens with one attached hydrogen (secondary N) is 1. The largest absolute Gasteiger partial charge is 0.497 e. The maximum atomic E-state index is 5.33. The molecule has 0 heterocycles. The first-order valence-electron chi connectivity index (χ1n) is 6.34. The summed E-state index contributed by atoms with van der Waals surface area (Å²) in [5.74, 6) is 1.69. The van der Waals surface area contributed by atoms with Crippen LogP contribution < -0.4 is 14.8 Å². The lowest BCUT2D eigenvalue weighted by Crippen LogP contribution is -2.24. The zero-order chi connectivity index (χ0) is 13.4. The third-order valence-electron chi connectivity index (χ3n) is 2.72. The molecule has 3 heteroatoms. The van der Waals surface area contributed by atoms with Crippen molar-refractivity contribution in [3.8, 4) is 11.5 Å². The van der Waals surface area contributed by atoms with Gasteiger partial charge in [0, 0.05) is 11.6 Å². The van der Waals surface area contributed by atoms with E-state index in [0.717, 1.165) is 30.0 Å². The van der Waals surface area contributed by atoms with Gasteiger partial charge in [-0.3, -0.25) is 0 Å². The Kier molecular flexibility index (Phi) is 6.29. The van der Waals surface area contributed by atoms with E-state index in [1.54, 1.807) is 14.2 Å². The van der Waals surface area contributed by atoms with Gasteiger partial charge in [-0.2, -0.15) is 0 Å². The Morgan fingerprint density at radius 1 is 1.28 bits per heavy atom. The number of rotatable bonds is 7. The normalized spacial score (nSPS) is 12.7. The fourth-order valence-electron chi connectivity index (χ4n) is 1.66. The first-order valence-corrected chi connectivity index (χ1v) is 6.34. The van der Waals surface area contributed by atoms with E-state index in [1.807, 2.05) is 18.2 Å². The monoisotopic (exact) mass is 249 g/mol. The molecule has 1 N–H and O–H groups in total. The van der Waals surface area contributed by atoms with Crippen LogP contribution in [0.25, 0.3) is 6.08 Å². The Hall–Kier alpha value is -1.48. The molecule has 0 spiro atoms. The molecule has 0 aromatic heterocycles. The van der Waals surface area contributed by atoms with Crippen molar-refractivity contribution in [2.24, 2.45) is 0 Å². The van der Waals surface area contributed by atoms with Crippen LogP contribution in [0.2, 0.25) is 0 Å². The van der Waals surface area contributed by atoms with Crippen molar-refractivity contribution in [3.63, 3.8) is 0 Å². The molecule has 1 unspecified atom stereocenters. The molecule has 0 aliphatic rings. The fraction of sp³-hybridized carbons (Fsp3) is 0.467. The maximum absolute atomic E-state index is 5.33. The molecule has 1 aromatic rings. The minimum atomic E-state index is 0.348. The number of methoxy groups -OCH3 is 2. The van der Waals surface area contributed by atoms with E-state index in [0.29, 0.717) is 6.04 Å². The number of benzene rings is 1. The molecule has 100 valence electrons. The van der Waals surface area contributed by atoms with Gasteiger partial charge in [-0.1, -0.05) is 19.1 Å². The molecule has 0 aliphatic carbocycles. The van der Waals surface area contributed by atoms with Gasteiger partial charge in [-0.15, -0.1) is 0 Å². The van der Waals surface area contributed by atoms with Crippen LogP contribution in [0.5, 0.6) is 11.5 Å². The Morgan fingerprint density at radius 2 is 2.06 bits per heavy atom. The highest BCUT2D eigenvalue weighted by molar-refractivity contribution is 5.60. The van der Waals surface area contributed by atoms with Gasteiger partial charge in [-0.05, 0) is 38.1 Å². The predicted octanol–water partition coefficient (Wildman–Crippen LogP) is 3.11. The number of ether oxygens (including phenoxy) is 2. The summed E-state index contributed by atoms with van der Waals surface area (Å²) in [6.45, 7) is 5.33. The standard InChI is InChI=1S/C15H23NO2/c1-5-10-16-12(2)6-7-13-11-14(17-3)8-9-15(13)18-4/h6-9,11-12,16H,5,10H2,1-4H3/b7-6+. The summed E-state index contributed by atoms with van der Waals surface area (Å²) in [5, 5.41) is 3.41. The molecule has 0 aliphatic heterocycles. The number of hydrogen-bond acceptors (Lipinski definition) is 3. The Bertz CT molecular complexity index is 388. The fourth-order valence-corrected chi connectivity index (χ4v) is 1.66. The SMILES string of the molecule is CCCNC(C)/C=C/c1cc(OC)ccc1OC. The highest BCUT2D eigenvalue weighted by Crippen LogP contribution is 2.25. The Balaban J connectivity index is 2.77. The van der Waals surface area contributed by atoms with E-state index in [1.165, 1.54) is 0 Å². The summed E-state index contributed by atoms with van der Waals surface area (Å²) >= 11 is 0.